The van der Waals surface area contributed by atoms with Gasteiger partial charge >= 0.3 is 0 Å². The SMILES string of the molecule is NCC1(C(=O)NCc2ccc(Br)cc2)CCCCC1. The van der Waals surface area contributed by atoms with Gasteiger partial charge in [-0.2, -0.15) is 0 Å². The monoisotopic (exact) mass is 324 g/mol. The van der Waals surface area contributed by atoms with Crippen LogP contribution in [-0.2, 0) is 11.3 Å². The first-order valence-corrected chi connectivity index (χ1v) is 7.68. The molecule has 0 aliphatic heterocycles. The van der Waals surface area contributed by atoms with Gasteiger partial charge in [-0.3, -0.25) is 4.79 Å². The molecule has 1 aliphatic carbocycles. The minimum atomic E-state index is -0.326. The van der Waals surface area contributed by atoms with Crippen molar-refractivity contribution in [2.75, 3.05) is 6.54 Å². The Kier molecular flexibility index (Phi) is 4.99. The Bertz CT molecular complexity index is 424. The van der Waals surface area contributed by atoms with Crippen molar-refractivity contribution in [3.63, 3.8) is 0 Å². The molecule has 2 rings (SSSR count). The van der Waals surface area contributed by atoms with Gasteiger partial charge in [0, 0.05) is 17.6 Å². The van der Waals surface area contributed by atoms with Crippen molar-refractivity contribution < 1.29 is 4.79 Å². The number of hydrogen-bond donors (Lipinski definition) is 2. The highest BCUT2D eigenvalue weighted by molar-refractivity contribution is 9.10. The third kappa shape index (κ3) is 3.57. The van der Waals surface area contributed by atoms with E-state index < -0.39 is 0 Å². The molecule has 0 radical (unpaired) electrons. The maximum absolute atomic E-state index is 12.4. The Morgan fingerprint density at radius 2 is 1.84 bits per heavy atom. The van der Waals surface area contributed by atoms with Crippen LogP contribution in [-0.4, -0.2) is 12.5 Å². The lowest BCUT2D eigenvalue weighted by Crippen LogP contribution is -2.46. The Morgan fingerprint density at radius 3 is 2.42 bits per heavy atom. The Morgan fingerprint density at radius 1 is 1.21 bits per heavy atom. The number of hydrogen-bond acceptors (Lipinski definition) is 2. The molecule has 1 aliphatic rings. The van der Waals surface area contributed by atoms with E-state index in [9.17, 15) is 4.79 Å². The van der Waals surface area contributed by atoms with Crippen LogP contribution >= 0.6 is 15.9 Å². The predicted molar refractivity (Wildman–Crippen MR) is 80.6 cm³/mol. The second-order valence-corrected chi connectivity index (χ2v) is 6.27. The van der Waals surface area contributed by atoms with Crippen LogP contribution in [0.4, 0.5) is 0 Å². The van der Waals surface area contributed by atoms with E-state index in [1.807, 2.05) is 24.3 Å². The van der Waals surface area contributed by atoms with Crippen LogP contribution in [0.1, 0.15) is 37.7 Å². The second-order valence-electron chi connectivity index (χ2n) is 5.35. The highest BCUT2D eigenvalue weighted by atomic mass is 79.9. The van der Waals surface area contributed by atoms with Crippen LogP contribution in [0, 0.1) is 5.41 Å². The smallest absolute Gasteiger partial charge is 0.227 e. The molecule has 1 saturated carbocycles. The first kappa shape index (κ1) is 14.5. The molecule has 1 fully saturated rings. The van der Waals surface area contributed by atoms with E-state index in [-0.39, 0.29) is 11.3 Å². The first-order valence-electron chi connectivity index (χ1n) is 6.89. The number of halogens is 1. The van der Waals surface area contributed by atoms with Gasteiger partial charge in [-0.25, -0.2) is 0 Å². The van der Waals surface area contributed by atoms with Gasteiger partial charge in [0.25, 0.3) is 0 Å². The van der Waals surface area contributed by atoms with E-state index in [1.165, 1.54) is 6.42 Å². The Labute approximate surface area is 123 Å². The van der Waals surface area contributed by atoms with Crippen LogP contribution in [0.15, 0.2) is 28.7 Å². The Balaban J connectivity index is 1.94. The maximum atomic E-state index is 12.4. The summed E-state index contributed by atoms with van der Waals surface area (Å²) in [6, 6.07) is 8.00. The van der Waals surface area contributed by atoms with Crippen LogP contribution in [0.5, 0.6) is 0 Å². The lowest BCUT2D eigenvalue weighted by Gasteiger charge is -2.34. The van der Waals surface area contributed by atoms with E-state index in [0.29, 0.717) is 13.1 Å². The van der Waals surface area contributed by atoms with Gasteiger partial charge in [0.15, 0.2) is 0 Å². The van der Waals surface area contributed by atoms with E-state index in [4.69, 9.17) is 5.73 Å². The summed E-state index contributed by atoms with van der Waals surface area (Å²) in [7, 11) is 0. The van der Waals surface area contributed by atoms with Gasteiger partial charge in [-0.05, 0) is 30.5 Å². The van der Waals surface area contributed by atoms with Gasteiger partial charge in [0.2, 0.25) is 5.91 Å². The molecule has 1 aromatic rings. The summed E-state index contributed by atoms with van der Waals surface area (Å²) in [5, 5.41) is 3.05. The van der Waals surface area contributed by atoms with Crippen molar-refractivity contribution in [2.45, 2.75) is 38.6 Å². The minimum absolute atomic E-state index is 0.123. The Hall–Kier alpha value is -0.870. The number of carbonyl (C=O) groups excluding carboxylic acids is 1. The molecule has 1 aromatic carbocycles. The predicted octanol–water partition coefficient (Wildman–Crippen LogP) is 2.97. The van der Waals surface area contributed by atoms with E-state index in [0.717, 1.165) is 35.7 Å². The fraction of sp³-hybridized carbons (Fsp3) is 0.533. The summed E-state index contributed by atoms with van der Waals surface area (Å²) in [6.45, 7) is 1.03. The lowest BCUT2D eigenvalue weighted by atomic mass is 9.73. The molecule has 3 nitrogen and oxygen atoms in total. The number of amides is 1. The van der Waals surface area contributed by atoms with Crippen molar-refractivity contribution in [1.29, 1.82) is 0 Å². The summed E-state index contributed by atoms with van der Waals surface area (Å²) in [5.41, 5.74) is 6.65. The zero-order valence-electron chi connectivity index (χ0n) is 11.1. The molecule has 0 atom stereocenters. The quantitative estimate of drug-likeness (QED) is 0.894. The molecular formula is C15H21BrN2O. The average Bonchev–Trinajstić information content (AvgIpc) is 2.47. The van der Waals surface area contributed by atoms with E-state index in [1.54, 1.807) is 0 Å². The number of benzene rings is 1. The van der Waals surface area contributed by atoms with Gasteiger partial charge < -0.3 is 11.1 Å². The molecule has 19 heavy (non-hydrogen) atoms. The first-order chi connectivity index (χ1) is 9.16. The van der Waals surface area contributed by atoms with Crippen LogP contribution < -0.4 is 11.1 Å². The minimum Gasteiger partial charge on any atom is -0.352 e. The molecule has 0 aromatic heterocycles. The lowest BCUT2D eigenvalue weighted by molar-refractivity contribution is -0.132. The normalized spacial score (nSPS) is 18.0. The maximum Gasteiger partial charge on any atom is 0.227 e. The van der Waals surface area contributed by atoms with Crippen molar-refractivity contribution in [3.8, 4) is 0 Å². The molecule has 1 amide bonds. The highest BCUT2D eigenvalue weighted by Crippen LogP contribution is 2.35. The molecule has 104 valence electrons. The molecular weight excluding hydrogens is 304 g/mol. The molecule has 0 spiro atoms. The van der Waals surface area contributed by atoms with Gasteiger partial charge in [0.05, 0.1) is 5.41 Å². The van der Waals surface area contributed by atoms with Gasteiger partial charge in [0.1, 0.15) is 0 Å². The summed E-state index contributed by atoms with van der Waals surface area (Å²) in [5.74, 6) is 0.123. The van der Waals surface area contributed by atoms with Crippen molar-refractivity contribution >= 4 is 21.8 Å². The van der Waals surface area contributed by atoms with Crippen LogP contribution in [0.2, 0.25) is 0 Å². The standard InChI is InChI=1S/C15H21BrN2O/c16-13-6-4-12(5-7-13)10-18-14(19)15(11-17)8-2-1-3-9-15/h4-7H,1-3,8-11,17H2,(H,18,19). The molecule has 0 heterocycles. The largest absolute Gasteiger partial charge is 0.352 e. The molecule has 4 heteroatoms. The third-order valence-electron chi connectivity index (χ3n) is 4.05. The number of nitrogens with two attached hydrogens (primary N) is 1. The number of nitrogens with one attached hydrogen (secondary N) is 1. The average molecular weight is 325 g/mol. The number of carbonyl (C=O) groups is 1. The van der Waals surface area contributed by atoms with E-state index >= 15 is 0 Å². The molecule has 0 saturated heterocycles. The topological polar surface area (TPSA) is 55.1 Å². The van der Waals surface area contributed by atoms with E-state index in [2.05, 4.69) is 21.2 Å². The second kappa shape index (κ2) is 6.53. The summed E-state index contributed by atoms with van der Waals surface area (Å²) in [6.07, 6.45) is 5.30. The fourth-order valence-corrected chi connectivity index (χ4v) is 2.99. The highest BCUT2D eigenvalue weighted by Gasteiger charge is 2.37. The zero-order chi connectivity index (χ0) is 13.7. The zero-order valence-corrected chi connectivity index (χ0v) is 12.7. The van der Waals surface area contributed by atoms with Crippen molar-refractivity contribution in [3.05, 3.63) is 34.3 Å². The van der Waals surface area contributed by atoms with Crippen molar-refractivity contribution in [1.82, 2.24) is 5.32 Å². The molecule has 0 unspecified atom stereocenters. The molecule has 0 bridgehead atoms. The third-order valence-corrected chi connectivity index (χ3v) is 4.58. The van der Waals surface area contributed by atoms with Crippen LogP contribution in [0.25, 0.3) is 0 Å². The fourth-order valence-electron chi connectivity index (χ4n) is 2.72. The summed E-state index contributed by atoms with van der Waals surface area (Å²) in [4.78, 5) is 12.4. The number of rotatable bonds is 4. The summed E-state index contributed by atoms with van der Waals surface area (Å²) < 4.78 is 1.05. The summed E-state index contributed by atoms with van der Waals surface area (Å²) >= 11 is 3.40. The van der Waals surface area contributed by atoms with Gasteiger partial charge in [-0.15, -0.1) is 0 Å². The van der Waals surface area contributed by atoms with Gasteiger partial charge in [-0.1, -0.05) is 47.3 Å². The van der Waals surface area contributed by atoms with Crippen molar-refractivity contribution in [2.24, 2.45) is 11.1 Å². The molecule has 3 N–H and O–H groups in total. The van der Waals surface area contributed by atoms with Crippen LogP contribution in [0.3, 0.4) is 0 Å².